The van der Waals surface area contributed by atoms with Gasteiger partial charge in [0.25, 0.3) is 5.56 Å². The number of aromatic amines is 1. The molecule has 1 aromatic carbocycles. The van der Waals surface area contributed by atoms with Gasteiger partial charge in [0.15, 0.2) is 5.16 Å². The number of halogens is 1. The average Bonchev–Trinajstić information content (AvgIpc) is 2.69. The second kappa shape index (κ2) is 10.1. The molecule has 1 aliphatic rings. The SMILES string of the molecule is CCCN1CCc2nc(SCC(=O)NCCc3ccc(Cl)cc3)[nH]c(=O)c2C1. The van der Waals surface area contributed by atoms with Crippen molar-refractivity contribution < 1.29 is 4.79 Å². The highest BCUT2D eigenvalue weighted by molar-refractivity contribution is 7.99. The standard InChI is InChI=1S/C20H25ClN4O2S/c1-2-10-25-11-8-17-16(12-25)19(27)24-20(23-17)28-13-18(26)22-9-7-14-3-5-15(21)6-4-14/h3-6H,2,7-13H2,1H3,(H,22,26)(H,23,24,27). The number of benzene rings is 1. The van der Waals surface area contributed by atoms with E-state index in [1.54, 1.807) is 0 Å². The van der Waals surface area contributed by atoms with Crippen molar-refractivity contribution in [3.05, 3.63) is 56.5 Å². The number of amides is 1. The van der Waals surface area contributed by atoms with Crippen molar-refractivity contribution in [3.8, 4) is 0 Å². The predicted molar refractivity (Wildman–Crippen MR) is 113 cm³/mol. The number of H-pyrrole nitrogens is 1. The fourth-order valence-corrected chi connectivity index (χ4v) is 4.05. The van der Waals surface area contributed by atoms with Crippen LogP contribution in [0.1, 0.15) is 30.2 Å². The highest BCUT2D eigenvalue weighted by Gasteiger charge is 2.20. The lowest BCUT2D eigenvalue weighted by Crippen LogP contribution is -2.36. The van der Waals surface area contributed by atoms with Gasteiger partial charge in [0, 0.05) is 31.1 Å². The minimum atomic E-state index is -0.0866. The highest BCUT2D eigenvalue weighted by Crippen LogP contribution is 2.18. The Morgan fingerprint density at radius 3 is 2.89 bits per heavy atom. The Morgan fingerprint density at radius 2 is 2.14 bits per heavy atom. The molecule has 1 amide bonds. The van der Waals surface area contributed by atoms with E-state index >= 15 is 0 Å². The highest BCUT2D eigenvalue weighted by atomic mass is 35.5. The first-order chi connectivity index (χ1) is 13.5. The van der Waals surface area contributed by atoms with Crippen LogP contribution in [0.25, 0.3) is 0 Å². The van der Waals surface area contributed by atoms with Crippen LogP contribution in [0.15, 0.2) is 34.2 Å². The van der Waals surface area contributed by atoms with E-state index in [2.05, 4.69) is 27.1 Å². The third-order valence-electron chi connectivity index (χ3n) is 4.65. The third kappa shape index (κ3) is 5.83. The summed E-state index contributed by atoms with van der Waals surface area (Å²) in [5, 5.41) is 4.11. The number of carbonyl (C=O) groups excluding carboxylic acids is 1. The predicted octanol–water partition coefficient (Wildman–Crippen LogP) is 2.64. The summed E-state index contributed by atoms with van der Waals surface area (Å²) in [4.78, 5) is 34.1. The number of carbonyl (C=O) groups is 1. The quantitative estimate of drug-likeness (QED) is 0.507. The first kappa shape index (κ1) is 20.9. The summed E-state index contributed by atoms with van der Waals surface area (Å²) in [6, 6.07) is 7.58. The molecule has 150 valence electrons. The van der Waals surface area contributed by atoms with Gasteiger partial charge in [-0.3, -0.25) is 14.5 Å². The van der Waals surface area contributed by atoms with Crippen LogP contribution in [0.4, 0.5) is 0 Å². The number of nitrogens with zero attached hydrogens (tertiary/aromatic N) is 2. The van der Waals surface area contributed by atoms with Crippen molar-refractivity contribution in [1.29, 1.82) is 0 Å². The van der Waals surface area contributed by atoms with Gasteiger partial charge in [-0.2, -0.15) is 0 Å². The Kier molecular flexibility index (Phi) is 7.53. The van der Waals surface area contributed by atoms with Crippen molar-refractivity contribution in [2.45, 2.75) is 37.9 Å². The van der Waals surface area contributed by atoms with E-state index in [0.717, 1.165) is 49.2 Å². The normalized spacial score (nSPS) is 13.9. The lowest BCUT2D eigenvalue weighted by molar-refractivity contribution is -0.118. The number of thioether (sulfide) groups is 1. The van der Waals surface area contributed by atoms with Crippen LogP contribution in [0.5, 0.6) is 0 Å². The van der Waals surface area contributed by atoms with E-state index in [1.165, 1.54) is 11.8 Å². The van der Waals surface area contributed by atoms with Crippen LogP contribution >= 0.6 is 23.4 Å². The second-order valence-corrected chi connectivity index (χ2v) is 8.24. The summed E-state index contributed by atoms with van der Waals surface area (Å²) < 4.78 is 0. The van der Waals surface area contributed by atoms with Gasteiger partial charge in [0.2, 0.25) is 5.91 Å². The van der Waals surface area contributed by atoms with Crippen molar-refractivity contribution in [3.63, 3.8) is 0 Å². The van der Waals surface area contributed by atoms with Gasteiger partial charge >= 0.3 is 0 Å². The van der Waals surface area contributed by atoms with Crippen LogP contribution in [0.2, 0.25) is 5.02 Å². The summed E-state index contributed by atoms with van der Waals surface area (Å²) in [6.07, 6.45) is 2.59. The first-order valence-corrected chi connectivity index (χ1v) is 10.9. The Morgan fingerprint density at radius 1 is 1.36 bits per heavy atom. The molecule has 0 aliphatic carbocycles. The lowest BCUT2D eigenvalue weighted by atomic mass is 10.1. The topological polar surface area (TPSA) is 78.1 Å². The Hall–Kier alpha value is -1.83. The molecule has 0 atom stereocenters. The van der Waals surface area contributed by atoms with Crippen molar-refractivity contribution in [1.82, 2.24) is 20.2 Å². The van der Waals surface area contributed by atoms with Crippen LogP contribution in [-0.2, 0) is 24.2 Å². The van der Waals surface area contributed by atoms with Gasteiger partial charge in [0.05, 0.1) is 17.0 Å². The number of aromatic nitrogens is 2. The zero-order valence-electron chi connectivity index (χ0n) is 16.0. The molecule has 6 nitrogen and oxygen atoms in total. The van der Waals surface area contributed by atoms with Gasteiger partial charge < -0.3 is 10.3 Å². The summed E-state index contributed by atoms with van der Waals surface area (Å²) >= 11 is 7.13. The Labute approximate surface area is 174 Å². The van der Waals surface area contributed by atoms with E-state index in [4.69, 9.17) is 11.6 Å². The van der Waals surface area contributed by atoms with Gasteiger partial charge in [-0.05, 0) is 37.1 Å². The summed E-state index contributed by atoms with van der Waals surface area (Å²) in [6.45, 7) is 5.26. The first-order valence-electron chi connectivity index (χ1n) is 9.53. The molecule has 0 fully saturated rings. The average molecular weight is 421 g/mol. The molecule has 0 saturated heterocycles. The minimum absolute atomic E-state index is 0.0755. The molecule has 2 heterocycles. The number of hydrogen-bond donors (Lipinski definition) is 2. The van der Waals surface area contributed by atoms with Crippen LogP contribution in [0, 0.1) is 0 Å². The van der Waals surface area contributed by atoms with E-state index in [9.17, 15) is 9.59 Å². The van der Waals surface area contributed by atoms with Crippen LogP contribution in [-0.4, -0.2) is 46.2 Å². The number of fused-ring (bicyclic) bond motifs is 1. The summed E-state index contributed by atoms with van der Waals surface area (Å²) in [7, 11) is 0. The van der Waals surface area contributed by atoms with Crippen molar-refractivity contribution in [2.75, 3.05) is 25.4 Å². The molecule has 2 N–H and O–H groups in total. The second-order valence-electron chi connectivity index (χ2n) is 6.84. The van der Waals surface area contributed by atoms with Crippen molar-refractivity contribution in [2.24, 2.45) is 0 Å². The fraction of sp³-hybridized carbons (Fsp3) is 0.450. The van der Waals surface area contributed by atoms with Gasteiger partial charge in [0.1, 0.15) is 0 Å². The molecule has 0 saturated carbocycles. The van der Waals surface area contributed by atoms with E-state index in [-0.39, 0.29) is 17.2 Å². The van der Waals surface area contributed by atoms with Gasteiger partial charge in [-0.25, -0.2) is 4.98 Å². The van der Waals surface area contributed by atoms with Gasteiger partial charge in [-0.15, -0.1) is 0 Å². The summed E-state index contributed by atoms with van der Waals surface area (Å²) in [5.74, 6) is 0.151. The Balaban J connectivity index is 1.48. The number of nitrogens with one attached hydrogen (secondary N) is 2. The van der Waals surface area contributed by atoms with Crippen LogP contribution in [0.3, 0.4) is 0 Å². The van der Waals surface area contributed by atoms with Gasteiger partial charge in [-0.1, -0.05) is 42.4 Å². The molecule has 0 spiro atoms. The molecule has 0 unspecified atom stereocenters. The van der Waals surface area contributed by atoms with E-state index in [0.29, 0.717) is 23.3 Å². The molecule has 28 heavy (non-hydrogen) atoms. The number of hydrogen-bond acceptors (Lipinski definition) is 5. The minimum Gasteiger partial charge on any atom is -0.355 e. The molecule has 0 radical (unpaired) electrons. The molecular formula is C20H25ClN4O2S. The van der Waals surface area contributed by atoms with E-state index in [1.807, 2.05) is 24.3 Å². The van der Waals surface area contributed by atoms with Crippen LogP contribution < -0.4 is 10.9 Å². The Bertz CT molecular complexity index is 869. The van der Waals surface area contributed by atoms with Crippen molar-refractivity contribution >= 4 is 29.3 Å². The number of rotatable bonds is 8. The molecule has 3 rings (SSSR count). The third-order valence-corrected chi connectivity index (χ3v) is 5.78. The largest absolute Gasteiger partial charge is 0.355 e. The molecule has 1 aromatic heterocycles. The maximum atomic E-state index is 12.4. The maximum Gasteiger partial charge on any atom is 0.256 e. The molecule has 2 aromatic rings. The molecule has 1 aliphatic heterocycles. The maximum absolute atomic E-state index is 12.4. The fourth-order valence-electron chi connectivity index (χ4n) is 3.22. The molecule has 8 heteroatoms. The zero-order chi connectivity index (χ0) is 19.9. The molecular weight excluding hydrogens is 396 g/mol. The monoisotopic (exact) mass is 420 g/mol. The zero-order valence-corrected chi connectivity index (χ0v) is 17.5. The molecule has 0 bridgehead atoms. The van der Waals surface area contributed by atoms with E-state index < -0.39 is 0 Å². The lowest BCUT2D eigenvalue weighted by Gasteiger charge is -2.27. The smallest absolute Gasteiger partial charge is 0.256 e. The summed E-state index contributed by atoms with van der Waals surface area (Å²) in [5.41, 5.74) is 2.66.